The number of aromatic carboxylic acids is 1. The molecule has 3 aromatic rings. The molecule has 0 saturated carbocycles. The summed E-state index contributed by atoms with van der Waals surface area (Å²) in [5, 5.41) is 16.0. The Morgan fingerprint density at radius 2 is 1.81 bits per heavy atom. The number of ether oxygens (including phenoxy) is 1. The lowest BCUT2D eigenvalue weighted by Gasteiger charge is -2.12. The Morgan fingerprint density at radius 1 is 1.12 bits per heavy atom. The molecule has 3 rings (SSSR count). The van der Waals surface area contributed by atoms with Crippen LogP contribution < -0.4 is 5.32 Å². The van der Waals surface area contributed by atoms with Crippen LogP contribution in [0, 0.1) is 6.92 Å². The molecule has 0 bridgehead atoms. The van der Waals surface area contributed by atoms with E-state index >= 15 is 0 Å². The number of nitrogens with zero attached hydrogens (tertiary/aromatic N) is 2. The fraction of sp³-hybridized carbons (Fsp3) is 0.105. The number of hydrogen-bond acceptors (Lipinski definition) is 4. The maximum atomic E-state index is 12.2. The predicted molar refractivity (Wildman–Crippen MR) is 95.5 cm³/mol. The predicted octanol–water partition coefficient (Wildman–Crippen LogP) is 3.63. The fourth-order valence-corrected chi connectivity index (χ4v) is 2.46. The smallest absolute Gasteiger partial charge is 0.413 e. The van der Waals surface area contributed by atoms with E-state index in [9.17, 15) is 14.7 Å². The minimum atomic E-state index is -1.19. The average molecular weight is 351 g/mol. The van der Waals surface area contributed by atoms with Crippen molar-refractivity contribution in [3.63, 3.8) is 0 Å². The van der Waals surface area contributed by atoms with Gasteiger partial charge in [0.15, 0.2) is 5.82 Å². The third kappa shape index (κ3) is 3.72. The Bertz CT molecular complexity index is 935. The average Bonchev–Trinajstić information content (AvgIpc) is 3.05. The molecule has 2 aromatic carbocycles. The standard InChI is InChI=1S/C19H17N3O4/c1-13-7-5-6-10-16(13)22-17(15(11-20-22)18(23)24)21-19(25)26-12-14-8-3-2-4-9-14/h2-11H,12H2,1H3,(H,21,25)(H,23,24). The van der Waals surface area contributed by atoms with Gasteiger partial charge in [-0.2, -0.15) is 5.10 Å². The van der Waals surface area contributed by atoms with Crippen LogP contribution in [0.3, 0.4) is 0 Å². The summed E-state index contributed by atoms with van der Waals surface area (Å²) in [6.07, 6.45) is 0.438. The Kier molecular flexibility index (Phi) is 4.98. The molecule has 2 N–H and O–H groups in total. The molecule has 132 valence electrons. The first-order chi connectivity index (χ1) is 12.6. The Hall–Kier alpha value is -3.61. The maximum absolute atomic E-state index is 12.2. The lowest BCUT2D eigenvalue weighted by molar-refractivity contribution is 0.0698. The van der Waals surface area contributed by atoms with Crippen molar-refractivity contribution in [2.75, 3.05) is 5.32 Å². The van der Waals surface area contributed by atoms with Gasteiger partial charge >= 0.3 is 12.1 Å². The summed E-state index contributed by atoms with van der Waals surface area (Å²) in [6.45, 7) is 1.95. The van der Waals surface area contributed by atoms with Crippen LogP contribution in [0.4, 0.5) is 10.6 Å². The van der Waals surface area contributed by atoms with Crippen LogP contribution in [-0.2, 0) is 11.3 Å². The van der Waals surface area contributed by atoms with E-state index in [4.69, 9.17) is 4.74 Å². The summed E-state index contributed by atoms with van der Waals surface area (Å²) in [6, 6.07) is 16.5. The van der Waals surface area contributed by atoms with Gasteiger partial charge in [-0.15, -0.1) is 0 Å². The molecule has 0 aliphatic rings. The van der Waals surface area contributed by atoms with Gasteiger partial charge in [0.2, 0.25) is 0 Å². The molecule has 0 saturated heterocycles. The van der Waals surface area contributed by atoms with Crippen molar-refractivity contribution in [2.45, 2.75) is 13.5 Å². The molecular weight excluding hydrogens is 334 g/mol. The number of benzene rings is 2. The van der Waals surface area contributed by atoms with Crippen LogP contribution in [-0.4, -0.2) is 26.9 Å². The van der Waals surface area contributed by atoms with Crippen LogP contribution in [0.5, 0.6) is 0 Å². The van der Waals surface area contributed by atoms with Crippen LogP contribution in [0.15, 0.2) is 60.8 Å². The molecule has 0 spiro atoms. The van der Waals surface area contributed by atoms with E-state index in [-0.39, 0.29) is 18.0 Å². The Balaban J connectivity index is 1.84. The number of carboxylic acids is 1. The number of para-hydroxylation sites is 1. The maximum Gasteiger partial charge on any atom is 0.413 e. The highest BCUT2D eigenvalue weighted by molar-refractivity contribution is 5.97. The number of rotatable bonds is 5. The second-order valence-electron chi connectivity index (χ2n) is 5.60. The quantitative estimate of drug-likeness (QED) is 0.732. The largest absolute Gasteiger partial charge is 0.477 e. The summed E-state index contributed by atoms with van der Waals surface area (Å²) in [5.41, 5.74) is 2.25. The van der Waals surface area contributed by atoms with Crippen LogP contribution in [0.25, 0.3) is 5.69 Å². The van der Waals surface area contributed by atoms with Gasteiger partial charge in [-0.05, 0) is 24.1 Å². The summed E-state index contributed by atoms with van der Waals surface area (Å²) < 4.78 is 6.55. The van der Waals surface area contributed by atoms with Gasteiger partial charge in [-0.1, -0.05) is 48.5 Å². The van der Waals surface area contributed by atoms with Gasteiger partial charge in [0.05, 0.1) is 11.9 Å². The van der Waals surface area contributed by atoms with E-state index in [0.29, 0.717) is 5.69 Å². The zero-order valence-corrected chi connectivity index (χ0v) is 14.0. The van der Waals surface area contributed by atoms with Gasteiger partial charge in [-0.25, -0.2) is 14.3 Å². The van der Waals surface area contributed by atoms with Gasteiger partial charge in [0.1, 0.15) is 12.2 Å². The molecule has 0 unspecified atom stereocenters. The number of aromatic nitrogens is 2. The SMILES string of the molecule is Cc1ccccc1-n1ncc(C(=O)O)c1NC(=O)OCc1ccccc1. The van der Waals surface area contributed by atoms with Crippen molar-refractivity contribution in [2.24, 2.45) is 0 Å². The molecule has 0 fully saturated rings. The van der Waals surface area contributed by atoms with Crippen molar-refractivity contribution >= 4 is 17.9 Å². The molecule has 0 radical (unpaired) electrons. The van der Waals surface area contributed by atoms with Crippen molar-refractivity contribution in [3.8, 4) is 5.69 Å². The van der Waals surface area contributed by atoms with Crippen LogP contribution in [0.2, 0.25) is 0 Å². The number of aryl methyl sites for hydroxylation is 1. The second-order valence-corrected chi connectivity index (χ2v) is 5.60. The Labute approximate surface area is 149 Å². The third-order valence-electron chi connectivity index (χ3n) is 3.78. The number of hydrogen-bond donors (Lipinski definition) is 2. The van der Waals surface area contributed by atoms with E-state index < -0.39 is 12.1 Å². The highest BCUT2D eigenvalue weighted by Gasteiger charge is 2.21. The second kappa shape index (κ2) is 7.52. The monoisotopic (exact) mass is 351 g/mol. The fourth-order valence-electron chi connectivity index (χ4n) is 2.46. The topological polar surface area (TPSA) is 93.5 Å². The molecule has 1 heterocycles. The van der Waals surface area contributed by atoms with E-state index in [1.807, 2.05) is 55.5 Å². The molecular formula is C19H17N3O4. The number of carboxylic acid groups (broad SMARTS) is 1. The first-order valence-corrected chi connectivity index (χ1v) is 7.91. The number of carbonyl (C=O) groups excluding carboxylic acids is 1. The number of nitrogens with one attached hydrogen (secondary N) is 1. The van der Waals surface area contributed by atoms with Crippen molar-refractivity contribution in [1.82, 2.24) is 9.78 Å². The van der Waals surface area contributed by atoms with Gasteiger partial charge in [0, 0.05) is 0 Å². The zero-order chi connectivity index (χ0) is 18.5. The van der Waals surface area contributed by atoms with Gasteiger partial charge in [0.25, 0.3) is 0 Å². The van der Waals surface area contributed by atoms with Crippen molar-refractivity contribution in [3.05, 3.63) is 77.5 Å². The van der Waals surface area contributed by atoms with E-state index in [2.05, 4.69) is 10.4 Å². The molecule has 0 aliphatic carbocycles. The molecule has 1 aromatic heterocycles. The number of carbonyl (C=O) groups is 2. The van der Waals surface area contributed by atoms with Crippen molar-refractivity contribution < 1.29 is 19.4 Å². The number of amides is 1. The molecule has 26 heavy (non-hydrogen) atoms. The minimum Gasteiger partial charge on any atom is -0.477 e. The third-order valence-corrected chi connectivity index (χ3v) is 3.78. The number of anilines is 1. The van der Waals surface area contributed by atoms with Crippen LogP contribution >= 0.6 is 0 Å². The Morgan fingerprint density at radius 3 is 2.50 bits per heavy atom. The molecule has 1 amide bonds. The van der Waals surface area contributed by atoms with E-state index in [1.54, 1.807) is 6.07 Å². The normalized spacial score (nSPS) is 10.3. The van der Waals surface area contributed by atoms with Crippen LogP contribution in [0.1, 0.15) is 21.5 Å². The highest BCUT2D eigenvalue weighted by atomic mass is 16.5. The molecule has 0 atom stereocenters. The summed E-state index contributed by atoms with van der Waals surface area (Å²) in [7, 11) is 0. The lowest BCUT2D eigenvalue weighted by Crippen LogP contribution is -2.18. The lowest BCUT2D eigenvalue weighted by atomic mass is 10.2. The van der Waals surface area contributed by atoms with Gasteiger partial charge in [-0.3, -0.25) is 5.32 Å². The van der Waals surface area contributed by atoms with E-state index in [0.717, 1.165) is 11.1 Å². The van der Waals surface area contributed by atoms with Gasteiger partial charge < -0.3 is 9.84 Å². The summed E-state index contributed by atoms with van der Waals surface area (Å²) >= 11 is 0. The first-order valence-electron chi connectivity index (χ1n) is 7.91. The molecule has 7 heteroatoms. The summed E-state index contributed by atoms with van der Waals surface area (Å²) in [4.78, 5) is 23.6. The summed E-state index contributed by atoms with van der Waals surface area (Å²) in [5.74, 6) is -1.15. The first kappa shape index (κ1) is 17.2. The van der Waals surface area contributed by atoms with Crippen molar-refractivity contribution in [1.29, 1.82) is 0 Å². The van der Waals surface area contributed by atoms with E-state index in [1.165, 1.54) is 10.9 Å². The minimum absolute atomic E-state index is 0.0462. The zero-order valence-electron chi connectivity index (χ0n) is 14.0. The highest BCUT2D eigenvalue weighted by Crippen LogP contribution is 2.23. The molecule has 7 nitrogen and oxygen atoms in total. The molecule has 0 aliphatic heterocycles.